The minimum atomic E-state index is -1.20. The molecule has 0 spiro atoms. The number of pyridine rings is 1. The summed E-state index contributed by atoms with van der Waals surface area (Å²) in [5.41, 5.74) is 4.02. The van der Waals surface area contributed by atoms with E-state index in [-0.39, 0.29) is 30.1 Å². The van der Waals surface area contributed by atoms with E-state index in [2.05, 4.69) is 15.6 Å². The summed E-state index contributed by atoms with van der Waals surface area (Å²) in [7, 11) is 0. The highest BCUT2D eigenvalue weighted by Gasteiger charge is 2.14. The van der Waals surface area contributed by atoms with Gasteiger partial charge in [0.2, 0.25) is 5.95 Å². The summed E-state index contributed by atoms with van der Waals surface area (Å²) in [6, 6.07) is 11.9. The number of aromatic nitrogens is 1. The number of aryl methyl sites for hydroxylation is 2. The zero-order valence-electron chi connectivity index (χ0n) is 17.0. The number of nitrogens with zero attached hydrogens (tertiary/aromatic N) is 1. The van der Waals surface area contributed by atoms with Crippen molar-refractivity contribution in [1.29, 1.82) is 0 Å². The molecule has 0 fully saturated rings. The largest absolute Gasteiger partial charge is 0.465 e. The summed E-state index contributed by atoms with van der Waals surface area (Å²) in [5, 5.41) is 14.6. The number of halogens is 2. The molecule has 2 aromatic carbocycles. The highest BCUT2D eigenvalue weighted by molar-refractivity contribution is 6.31. The monoisotopic (exact) mass is 441 g/mol. The van der Waals surface area contributed by atoms with Crippen LogP contribution < -0.4 is 10.6 Å². The number of rotatable bonds is 6. The number of carbonyl (C=O) groups is 2. The average Bonchev–Trinajstić information content (AvgIpc) is 2.74. The molecule has 1 heterocycles. The fourth-order valence-electron chi connectivity index (χ4n) is 3.11. The minimum absolute atomic E-state index is 0.0271. The maximum atomic E-state index is 14.3. The van der Waals surface area contributed by atoms with Gasteiger partial charge < -0.3 is 15.7 Å². The summed E-state index contributed by atoms with van der Waals surface area (Å²) >= 11 is 6.04. The molecule has 0 saturated carbocycles. The van der Waals surface area contributed by atoms with Crippen LogP contribution >= 0.6 is 11.6 Å². The third-order valence-electron chi connectivity index (χ3n) is 4.66. The molecule has 3 N–H and O–H groups in total. The molecule has 160 valence electrons. The van der Waals surface area contributed by atoms with Gasteiger partial charge in [0.25, 0.3) is 5.91 Å². The molecule has 31 heavy (non-hydrogen) atoms. The molecule has 8 heteroatoms. The Balaban J connectivity index is 1.90. The lowest BCUT2D eigenvalue weighted by atomic mass is 9.99. The fraction of sp³-hybridized carbons (Fsp3) is 0.174. The summed E-state index contributed by atoms with van der Waals surface area (Å²) < 4.78 is 14.3. The second kappa shape index (κ2) is 9.57. The van der Waals surface area contributed by atoms with Crippen molar-refractivity contribution in [3.8, 4) is 11.1 Å². The average molecular weight is 442 g/mol. The molecule has 3 aromatic rings. The Morgan fingerprint density at radius 3 is 2.48 bits per heavy atom. The van der Waals surface area contributed by atoms with Crippen LogP contribution in [0.4, 0.5) is 9.18 Å². The Morgan fingerprint density at radius 1 is 1.03 bits per heavy atom. The number of hydrogen-bond donors (Lipinski definition) is 3. The molecule has 0 unspecified atom stereocenters. The molecule has 0 aliphatic carbocycles. The van der Waals surface area contributed by atoms with Crippen LogP contribution in [-0.2, 0) is 13.1 Å². The van der Waals surface area contributed by atoms with E-state index in [0.29, 0.717) is 16.1 Å². The van der Waals surface area contributed by atoms with Crippen LogP contribution in [0.5, 0.6) is 0 Å². The fourth-order valence-corrected chi connectivity index (χ4v) is 3.23. The molecule has 2 amide bonds. The van der Waals surface area contributed by atoms with Crippen LogP contribution in [0.25, 0.3) is 11.1 Å². The quantitative estimate of drug-likeness (QED) is 0.476. The molecule has 6 nitrogen and oxygen atoms in total. The lowest BCUT2D eigenvalue weighted by Gasteiger charge is -2.12. The number of nitrogens with one attached hydrogen (secondary N) is 2. The lowest BCUT2D eigenvalue weighted by Crippen LogP contribution is -2.24. The van der Waals surface area contributed by atoms with Gasteiger partial charge in [-0.2, -0.15) is 4.39 Å². The maximum absolute atomic E-state index is 14.3. The van der Waals surface area contributed by atoms with Crippen molar-refractivity contribution in [3.05, 3.63) is 87.4 Å². The van der Waals surface area contributed by atoms with Gasteiger partial charge in [-0.05, 0) is 72.0 Å². The summed E-state index contributed by atoms with van der Waals surface area (Å²) in [5.74, 6) is -1.04. The SMILES string of the molecule is Cc1cnc(F)c(-c2cc(CNC(=O)O)cc(C(=O)NCc3ccc(Cl)c(C)c3)c2)c1. The summed E-state index contributed by atoms with van der Waals surface area (Å²) in [6.45, 7) is 3.92. The summed E-state index contributed by atoms with van der Waals surface area (Å²) in [4.78, 5) is 27.4. The van der Waals surface area contributed by atoms with Crippen LogP contribution in [-0.4, -0.2) is 22.1 Å². The molecule has 0 radical (unpaired) electrons. The van der Waals surface area contributed by atoms with Gasteiger partial charge in [0.1, 0.15) is 0 Å². The highest BCUT2D eigenvalue weighted by Crippen LogP contribution is 2.25. The van der Waals surface area contributed by atoms with Crippen LogP contribution in [0, 0.1) is 19.8 Å². The predicted octanol–water partition coefficient (Wildman–Crippen LogP) is 4.86. The van der Waals surface area contributed by atoms with E-state index >= 15 is 0 Å². The first kappa shape index (κ1) is 22.2. The number of benzene rings is 2. The minimum Gasteiger partial charge on any atom is -0.465 e. The Labute approximate surface area is 184 Å². The summed E-state index contributed by atoms with van der Waals surface area (Å²) in [6.07, 6.45) is 0.217. The van der Waals surface area contributed by atoms with Gasteiger partial charge in [-0.25, -0.2) is 9.78 Å². The zero-order valence-corrected chi connectivity index (χ0v) is 17.8. The topological polar surface area (TPSA) is 91.3 Å². The van der Waals surface area contributed by atoms with Gasteiger partial charge in [-0.3, -0.25) is 4.79 Å². The Bertz CT molecular complexity index is 1150. The standard InChI is InChI=1S/C23H21ClFN3O3/c1-13-5-19(21(25)26-10-13)17-7-16(12-28-23(30)31)8-18(9-17)22(29)27-11-15-3-4-20(24)14(2)6-15/h3-10,28H,11-12H2,1-2H3,(H,27,29)(H,30,31). The van der Waals surface area contributed by atoms with Gasteiger partial charge in [0.05, 0.1) is 0 Å². The van der Waals surface area contributed by atoms with Gasteiger partial charge in [-0.1, -0.05) is 23.7 Å². The first-order valence-electron chi connectivity index (χ1n) is 9.49. The zero-order chi connectivity index (χ0) is 22.5. The molecule has 0 atom stereocenters. The maximum Gasteiger partial charge on any atom is 0.404 e. The smallest absolute Gasteiger partial charge is 0.404 e. The second-order valence-electron chi connectivity index (χ2n) is 7.19. The number of carboxylic acid groups (broad SMARTS) is 1. The van der Waals surface area contributed by atoms with Crippen molar-refractivity contribution in [2.75, 3.05) is 0 Å². The van der Waals surface area contributed by atoms with Gasteiger partial charge in [0, 0.05) is 35.4 Å². The normalized spacial score (nSPS) is 10.6. The predicted molar refractivity (Wildman–Crippen MR) is 117 cm³/mol. The number of hydrogen-bond acceptors (Lipinski definition) is 3. The van der Waals surface area contributed by atoms with E-state index in [9.17, 15) is 14.0 Å². The highest BCUT2D eigenvalue weighted by atomic mass is 35.5. The van der Waals surface area contributed by atoms with Gasteiger partial charge in [-0.15, -0.1) is 0 Å². The van der Waals surface area contributed by atoms with E-state index in [0.717, 1.165) is 16.7 Å². The van der Waals surface area contributed by atoms with E-state index < -0.39 is 12.0 Å². The third-order valence-corrected chi connectivity index (χ3v) is 5.09. The molecule has 0 saturated heterocycles. The van der Waals surface area contributed by atoms with E-state index in [1.54, 1.807) is 37.3 Å². The van der Waals surface area contributed by atoms with Crippen LogP contribution in [0.15, 0.2) is 48.7 Å². The molecular weight excluding hydrogens is 421 g/mol. The van der Waals surface area contributed by atoms with Gasteiger partial charge in [0.15, 0.2) is 0 Å². The molecule has 0 bridgehead atoms. The molecular formula is C23H21ClFN3O3. The number of carbonyl (C=O) groups excluding carboxylic acids is 1. The van der Waals surface area contributed by atoms with Crippen molar-refractivity contribution >= 4 is 23.6 Å². The van der Waals surface area contributed by atoms with Crippen molar-refractivity contribution in [3.63, 3.8) is 0 Å². The van der Waals surface area contributed by atoms with Crippen LogP contribution in [0.2, 0.25) is 5.02 Å². The van der Waals surface area contributed by atoms with Crippen LogP contribution in [0.3, 0.4) is 0 Å². The third kappa shape index (κ3) is 5.79. The van der Waals surface area contributed by atoms with E-state index in [1.807, 2.05) is 19.1 Å². The van der Waals surface area contributed by atoms with Crippen molar-refractivity contribution in [2.24, 2.45) is 0 Å². The molecule has 3 rings (SSSR count). The first-order valence-corrected chi connectivity index (χ1v) is 9.87. The number of amides is 2. The van der Waals surface area contributed by atoms with Crippen molar-refractivity contribution < 1.29 is 19.1 Å². The lowest BCUT2D eigenvalue weighted by molar-refractivity contribution is 0.0950. The van der Waals surface area contributed by atoms with E-state index in [1.165, 1.54) is 6.20 Å². The van der Waals surface area contributed by atoms with E-state index in [4.69, 9.17) is 16.7 Å². The van der Waals surface area contributed by atoms with Gasteiger partial charge >= 0.3 is 6.09 Å². The molecule has 1 aromatic heterocycles. The van der Waals surface area contributed by atoms with Crippen molar-refractivity contribution in [1.82, 2.24) is 15.6 Å². The Kier molecular flexibility index (Phi) is 6.87. The van der Waals surface area contributed by atoms with Crippen molar-refractivity contribution in [2.45, 2.75) is 26.9 Å². The Hall–Kier alpha value is -3.45. The second-order valence-corrected chi connectivity index (χ2v) is 7.60. The molecule has 0 aliphatic heterocycles. The molecule has 0 aliphatic rings. The van der Waals surface area contributed by atoms with Crippen LogP contribution in [0.1, 0.15) is 32.6 Å². The first-order chi connectivity index (χ1) is 14.7. The Morgan fingerprint density at radius 2 is 1.77 bits per heavy atom.